The number of rotatable bonds is 4. The van der Waals surface area contributed by atoms with Gasteiger partial charge in [-0.3, -0.25) is 9.78 Å². The van der Waals surface area contributed by atoms with Gasteiger partial charge in [0.1, 0.15) is 6.07 Å². The van der Waals surface area contributed by atoms with Gasteiger partial charge in [0.25, 0.3) is 5.56 Å². The van der Waals surface area contributed by atoms with E-state index in [-0.39, 0.29) is 5.56 Å². The molecule has 1 N–H and O–H groups in total. The lowest BCUT2D eigenvalue weighted by molar-refractivity contribution is 0.816. The lowest BCUT2D eigenvalue weighted by Crippen LogP contribution is -2.09. The molecule has 0 amide bonds. The average molecular weight is 272 g/mol. The summed E-state index contributed by atoms with van der Waals surface area (Å²) in [5.41, 5.74) is 1.10. The van der Waals surface area contributed by atoms with E-state index < -0.39 is 0 Å². The van der Waals surface area contributed by atoms with Gasteiger partial charge in [-0.05, 0) is 24.2 Å². The molecule has 2 aromatic rings. The summed E-state index contributed by atoms with van der Waals surface area (Å²) in [6.45, 7) is 2.03. The third-order valence-corrected chi connectivity index (χ3v) is 3.32. The zero-order valence-electron chi connectivity index (χ0n) is 10.4. The summed E-state index contributed by atoms with van der Waals surface area (Å²) >= 11 is 1.24. The highest BCUT2D eigenvalue weighted by atomic mass is 32.2. The number of nitrogens with one attached hydrogen (secondary N) is 1. The number of aromatic amines is 1. The lowest BCUT2D eigenvalue weighted by atomic mass is 10.2. The van der Waals surface area contributed by atoms with Crippen LogP contribution in [0.15, 0.2) is 39.4 Å². The molecule has 6 heteroatoms. The van der Waals surface area contributed by atoms with E-state index in [1.165, 1.54) is 17.8 Å². The first-order valence-corrected chi connectivity index (χ1v) is 6.66. The number of nitrogens with zero attached hydrogens (tertiary/aromatic N) is 3. The van der Waals surface area contributed by atoms with Crippen LogP contribution in [0.5, 0.6) is 0 Å². The van der Waals surface area contributed by atoms with Crippen molar-refractivity contribution in [3.05, 3.63) is 46.1 Å². The Morgan fingerprint density at radius 3 is 3.11 bits per heavy atom. The summed E-state index contributed by atoms with van der Waals surface area (Å²) in [5.74, 6) is 0. The van der Waals surface area contributed by atoms with Crippen molar-refractivity contribution in [1.29, 1.82) is 5.26 Å². The molecule has 0 saturated heterocycles. The molecule has 0 atom stereocenters. The summed E-state index contributed by atoms with van der Waals surface area (Å²) in [4.78, 5) is 23.2. The second kappa shape index (κ2) is 6.16. The van der Waals surface area contributed by atoms with Crippen molar-refractivity contribution in [1.82, 2.24) is 15.0 Å². The van der Waals surface area contributed by atoms with Crippen LogP contribution in [0.2, 0.25) is 0 Å². The van der Waals surface area contributed by atoms with Crippen LogP contribution >= 0.6 is 11.8 Å². The first-order valence-electron chi connectivity index (χ1n) is 5.85. The van der Waals surface area contributed by atoms with Crippen molar-refractivity contribution in [3.8, 4) is 6.07 Å². The smallest absolute Gasteiger partial charge is 0.251 e. The minimum Gasteiger partial charge on any atom is -0.301 e. The fourth-order valence-electron chi connectivity index (χ4n) is 1.57. The van der Waals surface area contributed by atoms with Gasteiger partial charge in [-0.2, -0.15) is 5.26 Å². The number of H-pyrrole nitrogens is 1. The van der Waals surface area contributed by atoms with Gasteiger partial charge < -0.3 is 4.98 Å². The van der Waals surface area contributed by atoms with Crippen molar-refractivity contribution in [2.45, 2.75) is 29.8 Å². The molecule has 2 rings (SSSR count). The van der Waals surface area contributed by atoms with Crippen molar-refractivity contribution < 1.29 is 0 Å². The Bertz CT molecular complexity index is 675. The highest BCUT2D eigenvalue weighted by Crippen LogP contribution is 2.26. The quantitative estimate of drug-likeness (QED) is 0.862. The highest BCUT2D eigenvalue weighted by molar-refractivity contribution is 7.99. The van der Waals surface area contributed by atoms with Crippen molar-refractivity contribution in [2.75, 3.05) is 0 Å². The average Bonchev–Trinajstić information content (AvgIpc) is 2.39. The number of hydrogen-bond acceptors (Lipinski definition) is 5. The maximum atomic E-state index is 11.5. The Morgan fingerprint density at radius 1 is 1.53 bits per heavy atom. The Kier molecular flexibility index (Phi) is 4.31. The fourth-order valence-corrected chi connectivity index (χ4v) is 2.43. The Balaban J connectivity index is 2.33. The standard InChI is InChI=1S/C13H12N4OS/c1-2-3-10-6-12(18)17-13(16-10)19-11-8-15-5-4-9(11)7-14/h4-6,8H,2-3H2,1H3,(H,16,17,18). The molecule has 0 aliphatic heterocycles. The normalized spacial score (nSPS) is 10.1. The second-order valence-corrected chi connectivity index (χ2v) is 4.91. The SMILES string of the molecule is CCCc1cc(=O)[nH]c(Sc2cnccc2C#N)n1. The predicted octanol–water partition coefficient (Wildman–Crippen LogP) is 2.14. The molecule has 5 nitrogen and oxygen atoms in total. The minimum absolute atomic E-state index is 0.177. The van der Waals surface area contributed by atoms with Gasteiger partial charge in [0, 0.05) is 24.2 Å². The molecule has 0 aliphatic rings. The molecule has 19 heavy (non-hydrogen) atoms. The van der Waals surface area contributed by atoms with E-state index in [4.69, 9.17) is 5.26 Å². The molecule has 0 saturated carbocycles. The van der Waals surface area contributed by atoms with Crippen LogP contribution in [0.4, 0.5) is 0 Å². The van der Waals surface area contributed by atoms with Crippen LogP contribution in [0.1, 0.15) is 24.6 Å². The molecule has 0 unspecified atom stereocenters. The predicted molar refractivity (Wildman–Crippen MR) is 71.9 cm³/mol. The molecule has 0 bridgehead atoms. The zero-order chi connectivity index (χ0) is 13.7. The monoisotopic (exact) mass is 272 g/mol. The lowest BCUT2D eigenvalue weighted by Gasteiger charge is -2.04. The second-order valence-electron chi connectivity index (χ2n) is 3.88. The Hall–Kier alpha value is -2.13. The molecule has 96 valence electrons. The number of pyridine rings is 1. The summed E-state index contributed by atoms with van der Waals surface area (Å²) < 4.78 is 0. The maximum absolute atomic E-state index is 11.5. The largest absolute Gasteiger partial charge is 0.301 e. The topological polar surface area (TPSA) is 82.4 Å². The van der Waals surface area contributed by atoms with Crippen molar-refractivity contribution in [3.63, 3.8) is 0 Å². The minimum atomic E-state index is -0.177. The summed E-state index contributed by atoms with van der Waals surface area (Å²) in [6, 6.07) is 5.23. The molecule has 0 radical (unpaired) electrons. The van der Waals surface area contributed by atoms with Gasteiger partial charge >= 0.3 is 0 Å². The van der Waals surface area contributed by atoms with Gasteiger partial charge in [0.05, 0.1) is 10.5 Å². The summed E-state index contributed by atoms with van der Waals surface area (Å²) in [7, 11) is 0. The van der Waals surface area contributed by atoms with Gasteiger partial charge in [0.15, 0.2) is 5.16 Å². The van der Waals surface area contributed by atoms with Crippen LogP contribution in [0.25, 0.3) is 0 Å². The van der Waals surface area contributed by atoms with Crippen molar-refractivity contribution in [2.24, 2.45) is 0 Å². The molecule has 0 spiro atoms. The molecule has 0 fully saturated rings. The number of aromatic nitrogens is 3. The van der Waals surface area contributed by atoms with Crippen LogP contribution < -0.4 is 5.56 Å². The number of hydrogen-bond donors (Lipinski definition) is 1. The van der Waals surface area contributed by atoms with E-state index in [2.05, 4.69) is 21.0 Å². The van der Waals surface area contributed by atoms with Crippen molar-refractivity contribution >= 4 is 11.8 Å². The van der Waals surface area contributed by atoms with E-state index in [0.29, 0.717) is 15.6 Å². The first kappa shape index (κ1) is 13.3. The van der Waals surface area contributed by atoms with E-state index in [1.54, 1.807) is 18.5 Å². The molecular weight excluding hydrogens is 260 g/mol. The molecule has 0 aromatic carbocycles. The van der Waals surface area contributed by atoms with E-state index in [1.807, 2.05) is 6.92 Å². The Morgan fingerprint density at radius 2 is 2.37 bits per heavy atom. The van der Waals surface area contributed by atoms with Crippen LogP contribution in [0, 0.1) is 11.3 Å². The first-order chi connectivity index (χ1) is 9.22. The number of nitriles is 1. The van der Waals surface area contributed by atoms with E-state index in [0.717, 1.165) is 18.5 Å². The fraction of sp³-hybridized carbons (Fsp3) is 0.231. The third kappa shape index (κ3) is 3.42. The summed E-state index contributed by atoms with van der Waals surface area (Å²) in [6.07, 6.45) is 4.84. The Labute approximate surface area is 114 Å². The van der Waals surface area contributed by atoms with Gasteiger partial charge in [0.2, 0.25) is 0 Å². The third-order valence-electron chi connectivity index (χ3n) is 2.39. The molecule has 2 heterocycles. The van der Waals surface area contributed by atoms with Crippen LogP contribution in [-0.4, -0.2) is 15.0 Å². The zero-order valence-corrected chi connectivity index (χ0v) is 11.2. The van der Waals surface area contributed by atoms with Crippen LogP contribution in [0.3, 0.4) is 0 Å². The van der Waals surface area contributed by atoms with Gasteiger partial charge in [-0.25, -0.2) is 4.98 Å². The van der Waals surface area contributed by atoms with E-state index in [9.17, 15) is 4.79 Å². The van der Waals surface area contributed by atoms with Crippen LogP contribution in [-0.2, 0) is 6.42 Å². The summed E-state index contributed by atoms with van der Waals surface area (Å²) in [5, 5.41) is 9.49. The van der Waals surface area contributed by atoms with Gasteiger partial charge in [-0.1, -0.05) is 13.3 Å². The maximum Gasteiger partial charge on any atom is 0.251 e. The molecule has 0 aliphatic carbocycles. The van der Waals surface area contributed by atoms with E-state index >= 15 is 0 Å². The molecule has 2 aromatic heterocycles. The highest BCUT2D eigenvalue weighted by Gasteiger charge is 2.07. The number of aryl methyl sites for hydroxylation is 1. The van der Waals surface area contributed by atoms with Gasteiger partial charge in [-0.15, -0.1) is 0 Å². The molecular formula is C13H12N4OS.